The number of aldehydes is 2. The van der Waals surface area contributed by atoms with Gasteiger partial charge < -0.3 is 24.0 Å². The van der Waals surface area contributed by atoms with Gasteiger partial charge in [-0.3, -0.25) is 9.59 Å². The monoisotopic (exact) mass is 650 g/mol. The van der Waals surface area contributed by atoms with Gasteiger partial charge in [0.25, 0.3) is 0 Å². The van der Waals surface area contributed by atoms with Crippen molar-refractivity contribution >= 4 is 99.8 Å². The van der Waals surface area contributed by atoms with Gasteiger partial charge in [-0.15, -0.1) is 0 Å². The molecule has 0 fully saturated rings. The van der Waals surface area contributed by atoms with Gasteiger partial charge in [-0.25, -0.2) is 19.3 Å². The number of esters is 2. The summed E-state index contributed by atoms with van der Waals surface area (Å²) in [5.41, 5.74) is -0.160. The smallest absolute Gasteiger partial charge is 0.325 e. The van der Waals surface area contributed by atoms with E-state index < -0.39 is 50.1 Å². The van der Waals surface area contributed by atoms with E-state index in [0.29, 0.717) is 12.6 Å². The van der Waals surface area contributed by atoms with Gasteiger partial charge in [-0.2, -0.15) is 0 Å². The zero-order chi connectivity index (χ0) is 28.5. The van der Waals surface area contributed by atoms with Crippen LogP contribution >= 0.6 is 69.6 Å². The highest BCUT2D eigenvalue weighted by Crippen LogP contribution is 2.41. The summed E-state index contributed by atoms with van der Waals surface area (Å²) in [5.74, 6) is -3.59. The van der Waals surface area contributed by atoms with Crippen molar-refractivity contribution in [1.29, 1.82) is 0 Å². The van der Waals surface area contributed by atoms with E-state index in [1.165, 1.54) is 12.1 Å². The zero-order valence-corrected chi connectivity index (χ0v) is 23.5. The molecule has 2 rings (SSSR count). The fourth-order valence-electron chi connectivity index (χ4n) is 2.73. The number of halogens is 7. The minimum absolute atomic E-state index is 0.0408. The fourth-order valence-corrected chi connectivity index (χ4v) is 3.24. The number of hydrogen-bond donors (Lipinski definition) is 0. The van der Waals surface area contributed by atoms with Crippen molar-refractivity contribution in [3.63, 3.8) is 0 Å². The van der Waals surface area contributed by atoms with Crippen LogP contribution in [0.5, 0.6) is 0 Å². The maximum atomic E-state index is 15.3. The number of carbonyl (C=O) groups excluding carboxylic acids is 4. The van der Waals surface area contributed by atoms with Gasteiger partial charge in [0.2, 0.25) is 7.59 Å². The lowest BCUT2D eigenvalue weighted by Crippen LogP contribution is -2.37. The topological polar surface area (TPSA) is 129 Å². The Labute approximate surface area is 245 Å². The number of anilines is 1. The van der Waals surface area contributed by atoms with Crippen LogP contribution in [0.25, 0.3) is 11.4 Å². The molecule has 206 valence electrons. The van der Waals surface area contributed by atoms with Crippen LogP contribution in [-0.2, 0) is 36.2 Å². The van der Waals surface area contributed by atoms with Crippen LogP contribution in [0.2, 0.25) is 0 Å². The highest BCUT2D eigenvalue weighted by molar-refractivity contribution is 6.67. The fraction of sp³-hybridized carbons (Fsp3) is 0.381. The molecule has 0 unspecified atom stereocenters. The molecule has 38 heavy (non-hydrogen) atoms. The molecule has 17 heteroatoms. The summed E-state index contributed by atoms with van der Waals surface area (Å²) in [4.78, 5) is 58.2. The molecule has 0 aliphatic heterocycles. The Bertz CT molecular complexity index is 1120. The number of aromatic nitrogens is 3. The highest BCUT2D eigenvalue weighted by atomic mass is 35.6. The van der Waals surface area contributed by atoms with Crippen molar-refractivity contribution in [2.75, 3.05) is 31.2 Å². The van der Waals surface area contributed by atoms with E-state index in [0.717, 1.165) is 11.0 Å². The SMILES string of the molecule is O=CCCOC(=O)CN(CC(=O)OCCC=O)c1ccc(-c2nc(C(Cl)(Cl)Cl)nc(C(Cl)(Cl)Cl)n2)cc1F. The second kappa shape index (κ2) is 14.4. The number of benzene rings is 1. The third-order valence-electron chi connectivity index (χ3n) is 4.33. The van der Waals surface area contributed by atoms with E-state index in [2.05, 4.69) is 15.0 Å². The average Bonchev–Trinajstić information content (AvgIpc) is 2.82. The lowest BCUT2D eigenvalue weighted by Gasteiger charge is -2.23. The standard InChI is InChI=1S/C21H17Cl6FN4O6/c22-20(23,24)18-29-17(30-19(31-18)21(25,26)27)12-3-4-14(13(28)9-12)32(10-15(35)37-7-1-5-33)11-16(36)38-8-2-6-34/h3-6,9H,1-2,7-8,10-11H2. The summed E-state index contributed by atoms with van der Waals surface area (Å²) in [6.07, 6.45) is 1.02. The Hall–Kier alpha value is -2.02. The van der Waals surface area contributed by atoms with Crippen LogP contribution < -0.4 is 4.90 Å². The highest BCUT2D eigenvalue weighted by Gasteiger charge is 2.34. The van der Waals surface area contributed by atoms with Gasteiger partial charge in [-0.05, 0) is 18.2 Å². The van der Waals surface area contributed by atoms with Gasteiger partial charge in [0.05, 0.1) is 18.9 Å². The first-order valence-corrected chi connectivity index (χ1v) is 12.7. The summed E-state index contributed by atoms with van der Waals surface area (Å²) in [7, 11) is 0. The first kappa shape index (κ1) is 32.2. The normalized spacial score (nSPS) is 11.6. The summed E-state index contributed by atoms with van der Waals surface area (Å²) < 4.78 is 20.8. The molecule has 2 aromatic rings. The Kier molecular flexibility index (Phi) is 12.2. The quantitative estimate of drug-likeness (QED) is 0.141. The summed E-state index contributed by atoms with van der Waals surface area (Å²) in [6.45, 7) is -1.54. The van der Waals surface area contributed by atoms with Crippen molar-refractivity contribution in [2.45, 2.75) is 20.4 Å². The van der Waals surface area contributed by atoms with Crippen molar-refractivity contribution in [3.8, 4) is 11.4 Å². The molecule has 1 heterocycles. The summed E-state index contributed by atoms with van der Waals surface area (Å²) >= 11 is 35.2. The molecule has 0 saturated carbocycles. The molecule has 0 atom stereocenters. The van der Waals surface area contributed by atoms with Crippen molar-refractivity contribution in [3.05, 3.63) is 35.7 Å². The predicted molar refractivity (Wildman–Crippen MR) is 139 cm³/mol. The second-order valence-electron chi connectivity index (χ2n) is 7.18. The number of rotatable bonds is 12. The molecular weight excluding hydrogens is 636 g/mol. The van der Waals surface area contributed by atoms with Crippen LogP contribution in [0.4, 0.5) is 10.1 Å². The van der Waals surface area contributed by atoms with E-state index in [9.17, 15) is 19.2 Å². The number of carbonyl (C=O) groups is 4. The summed E-state index contributed by atoms with van der Waals surface area (Å²) in [5, 5.41) is 0. The number of nitrogens with zero attached hydrogens (tertiary/aromatic N) is 4. The molecule has 0 spiro atoms. The van der Waals surface area contributed by atoms with E-state index in [-0.39, 0.29) is 43.1 Å². The number of ether oxygens (including phenoxy) is 2. The van der Waals surface area contributed by atoms with Crippen LogP contribution in [-0.4, -0.2) is 65.8 Å². The van der Waals surface area contributed by atoms with Gasteiger partial charge in [-0.1, -0.05) is 69.6 Å². The molecule has 1 aromatic heterocycles. The molecule has 0 radical (unpaired) electrons. The molecule has 0 bridgehead atoms. The Morgan fingerprint density at radius 2 is 1.32 bits per heavy atom. The Morgan fingerprint density at radius 3 is 1.71 bits per heavy atom. The molecular formula is C21H17Cl6FN4O6. The van der Waals surface area contributed by atoms with Crippen molar-refractivity contribution < 1.29 is 33.0 Å². The van der Waals surface area contributed by atoms with Crippen LogP contribution in [0, 0.1) is 5.82 Å². The van der Waals surface area contributed by atoms with E-state index in [1.54, 1.807) is 0 Å². The Morgan fingerprint density at radius 1 is 0.842 bits per heavy atom. The van der Waals surface area contributed by atoms with E-state index >= 15 is 4.39 Å². The van der Waals surface area contributed by atoms with E-state index in [4.69, 9.17) is 79.1 Å². The molecule has 10 nitrogen and oxygen atoms in total. The maximum absolute atomic E-state index is 15.3. The number of hydrogen-bond acceptors (Lipinski definition) is 10. The lowest BCUT2D eigenvalue weighted by molar-refractivity contribution is -0.143. The van der Waals surface area contributed by atoms with Gasteiger partial charge in [0.15, 0.2) is 17.5 Å². The molecule has 0 amide bonds. The third-order valence-corrected chi connectivity index (χ3v) is 5.34. The zero-order valence-electron chi connectivity index (χ0n) is 19.0. The molecule has 1 aromatic carbocycles. The summed E-state index contributed by atoms with van der Waals surface area (Å²) in [6, 6.07) is 3.52. The van der Waals surface area contributed by atoms with Crippen LogP contribution in [0.3, 0.4) is 0 Å². The first-order chi connectivity index (χ1) is 17.8. The average molecular weight is 653 g/mol. The van der Waals surface area contributed by atoms with Crippen molar-refractivity contribution in [1.82, 2.24) is 15.0 Å². The lowest BCUT2D eigenvalue weighted by atomic mass is 10.1. The molecule has 0 aliphatic carbocycles. The van der Waals surface area contributed by atoms with Crippen molar-refractivity contribution in [2.24, 2.45) is 0 Å². The second-order valence-corrected chi connectivity index (χ2v) is 11.7. The van der Waals surface area contributed by atoms with Gasteiger partial charge in [0, 0.05) is 18.4 Å². The predicted octanol–water partition coefficient (Wildman–Crippen LogP) is 4.40. The van der Waals surface area contributed by atoms with Gasteiger partial charge >= 0.3 is 11.9 Å². The number of alkyl halides is 6. The largest absolute Gasteiger partial charge is 0.464 e. The minimum atomic E-state index is -2.13. The van der Waals surface area contributed by atoms with Crippen LogP contribution in [0.1, 0.15) is 24.5 Å². The first-order valence-electron chi connectivity index (χ1n) is 10.4. The Balaban J connectivity index is 2.43. The van der Waals surface area contributed by atoms with E-state index in [1.807, 2.05) is 0 Å². The molecule has 0 saturated heterocycles. The maximum Gasteiger partial charge on any atom is 0.325 e. The molecule has 0 aliphatic rings. The molecule has 0 N–H and O–H groups in total. The van der Waals surface area contributed by atoms with Gasteiger partial charge in [0.1, 0.15) is 31.5 Å². The minimum Gasteiger partial charge on any atom is -0.464 e. The van der Waals surface area contributed by atoms with Crippen LogP contribution in [0.15, 0.2) is 18.2 Å². The third kappa shape index (κ3) is 9.94.